The third-order valence-electron chi connectivity index (χ3n) is 6.04. The second kappa shape index (κ2) is 6.87. The van der Waals surface area contributed by atoms with Crippen molar-refractivity contribution in [2.45, 2.75) is 19.4 Å². The van der Waals surface area contributed by atoms with Crippen LogP contribution in [0.15, 0.2) is 41.8 Å². The summed E-state index contributed by atoms with van der Waals surface area (Å²) in [4.78, 5) is 10.8. The van der Waals surface area contributed by atoms with E-state index in [1.807, 2.05) is 18.2 Å². The molecular formula is C23H23N5S. The van der Waals surface area contributed by atoms with Crippen molar-refractivity contribution >= 4 is 33.8 Å². The maximum absolute atomic E-state index is 10.0. The molecule has 1 aliphatic heterocycles. The van der Waals surface area contributed by atoms with Gasteiger partial charge in [-0.15, -0.1) is 11.3 Å². The molecule has 146 valence electrons. The third kappa shape index (κ3) is 2.73. The molecular weight excluding hydrogens is 378 g/mol. The number of anilines is 1. The molecule has 0 saturated carbocycles. The molecule has 0 amide bonds. The van der Waals surface area contributed by atoms with Gasteiger partial charge in [-0.2, -0.15) is 5.26 Å². The number of thiophene rings is 1. The van der Waals surface area contributed by atoms with Crippen LogP contribution in [0.25, 0.3) is 27.1 Å². The maximum atomic E-state index is 10.0. The highest BCUT2D eigenvalue weighted by Gasteiger charge is 2.31. The van der Waals surface area contributed by atoms with E-state index in [1.165, 1.54) is 4.88 Å². The Morgan fingerprint density at radius 3 is 2.72 bits per heavy atom. The first-order valence-corrected chi connectivity index (χ1v) is 10.8. The van der Waals surface area contributed by atoms with E-state index in [2.05, 4.69) is 64.9 Å². The molecule has 1 saturated heterocycles. The molecule has 6 heteroatoms. The van der Waals surface area contributed by atoms with Gasteiger partial charge in [-0.05, 0) is 56.6 Å². The summed E-state index contributed by atoms with van der Waals surface area (Å²) in [6.07, 6.45) is 1.13. The number of imidazole rings is 1. The number of likely N-dealkylation sites (N-methyl/N-ethyl adjacent to an activating group) is 1. The lowest BCUT2D eigenvalue weighted by Gasteiger charge is -2.26. The number of benzene rings is 1. The van der Waals surface area contributed by atoms with Crippen LogP contribution in [0.3, 0.4) is 0 Å². The minimum atomic E-state index is 0.520. The van der Waals surface area contributed by atoms with Crippen LogP contribution in [0.4, 0.5) is 5.82 Å². The summed E-state index contributed by atoms with van der Waals surface area (Å²) in [5, 5.41) is 12.1. The number of pyridine rings is 1. The van der Waals surface area contributed by atoms with Gasteiger partial charge in [0.05, 0.1) is 16.6 Å². The highest BCUT2D eigenvalue weighted by molar-refractivity contribution is 7.13. The third-order valence-corrected chi connectivity index (χ3v) is 6.93. The standard InChI is InChI=1S/C23H23N5S/c1-15-17(13-24)22-25-18-7-4-5-8-19(18)28(22)23(21(15)20-9-6-12-29-20)27-11-10-16(14-27)26(2)3/h4-9,12,16H,10-11,14H2,1-3H3/t16-/m0/s1. The SMILES string of the molecule is Cc1c(-c2cccs2)c(N2CC[C@H](N(C)C)C2)n2c(nc3ccccc32)c1C#N. The fourth-order valence-electron chi connectivity index (χ4n) is 4.49. The second-order valence-electron chi connectivity index (χ2n) is 7.90. The van der Waals surface area contributed by atoms with Gasteiger partial charge in [0.25, 0.3) is 0 Å². The van der Waals surface area contributed by atoms with Gasteiger partial charge in [-0.3, -0.25) is 4.40 Å². The van der Waals surface area contributed by atoms with Gasteiger partial charge in [0, 0.05) is 29.6 Å². The molecule has 29 heavy (non-hydrogen) atoms. The van der Waals surface area contributed by atoms with Gasteiger partial charge in [-0.25, -0.2) is 4.98 Å². The lowest BCUT2D eigenvalue weighted by Crippen LogP contribution is -2.32. The van der Waals surface area contributed by atoms with Crippen molar-refractivity contribution in [2.75, 3.05) is 32.1 Å². The minimum Gasteiger partial charge on any atom is -0.355 e. The summed E-state index contributed by atoms with van der Waals surface area (Å²) in [5.41, 5.74) is 5.58. The molecule has 0 bridgehead atoms. The Morgan fingerprint density at radius 1 is 1.21 bits per heavy atom. The van der Waals surface area contributed by atoms with E-state index in [0.717, 1.165) is 53.1 Å². The van der Waals surface area contributed by atoms with E-state index in [0.29, 0.717) is 11.6 Å². The fourth-order valence-corrected chi connectivity index (χ4v) is 5.31. The van der Waals surface area contributed by atoms with Crippen molar-refractivity contribution in [3.05, 3.63) is 52.9 Å². The molecule has 0 unspecified atom stereocenters. The highest BCUT2D eigenvalue weighted by atomic mass is 32.1. The highest BCUT2D eigenvalue weighted by Crippen LogP contribution is 2.42. The molecule has 5 rings (SSSR count). The topological polar surface area (TPSA) is 47.6 Å². The Labute approximate surface area is 174 Å². The first-order valence-electron chi connectivity index (χ1n) is 9.89. The van der Waals surface area contributed by atoms with Gasteiger partial charge in [0.1, 0.15) is 11.9 Å². The molecule has 0 aliphatic carbocycles. The summed E-state index contributed by atoms with van der Waals surface area (Å²) >= 11 is 1.73. The van der Waals surface area contributed by atoms with Crippen molar-refractivity contribution in [3.63, 3.8) is 0 Å². The largest absolute Gasteiger partial charge is 0.355 e. The van der Waals surface area contributed by atoms with Crippen molar-refractivity contribution in [3.8, 4) is 16.5 Å². The number of rotatable bonds is 3. The molecule has 1 aliphatic rings. The first kappa shape index (κ1) is 18.2. The molecule has 0 radical (unpaired) electrons. The average Bonchev–Trinajstić information content (AvgIpc) is 3.46. The summed E-state index contributed by atoms with van der Waals surface area (Å²) in [5.74, 6) is 1.16. The Morgan fingerprint density at radius 2 is 2.03 bits per heavy atom. The Kier molecular flexibility index (Phi) is 4.30. The first-order chi connectivity index (χ1) is 14.1. The van der Waals surface area contributed by atoms with Crippen molar-refractivity contribution in [1.29, 1.82) is 5.26 Å². The number of nitriles is 1. The van der Waals surface area contributed by atoms with Gasteiger partial charge in [-0.1, -0.05) is 18.2 Å². The number of aromatic nitrogens is 2. The van der Waals surface area contributed by atoms with E-state index in [-0.39, 0.29) is 0 Å². The Hall–Kier alpha value is -2.88. The van der Waals surface area contributed by atoms with E-state index in [9.17, 15) is 5.26 Å². The predicted octanol–water partition coefficient (Wildman–Crippen LogP) is 4.54. The van der Waals surface area contributed by atoms with E-state index < -0.39 is 0 Å². The summed E-state index contributed by atoms with van der Waals surface area (Å²) in [6, 6.07) is 15.4. The molecule has 3 aromatic heterocycles. The van der Waals surface area contributed by atoms with Gasteiger partial charge >= 0.3 is 0 Å². The van der Waals surface area contributed by atoms with Crippen LogP contribution in [0.2, 0.25) is 0 Å². The number of hydrogen-bond donors (Lipinski definition) is 0. The van der Waals surface area contributed by atoms with Crippen molar-refractivity contribution in [1.82, 2.24) is 14.3 Å². The monoisotopic (exact) mass is 401 g/mol. The van der Waals surface area contributed by atoms with Crippen LogP contribution < -0.4 is 4.90 Å². The van der Waals surface area contributed by atoms with Crippen LogP contribution in [-0.2, 0) is 0 Å². The number of fused-ring (bicyclic) bond motifs is 3. The van der Waals surface area contributed by atoms with Gasteiger partial charge in [0.2, 0.25) is 0 Å². The maximum Gasteiger partial charge on any atom is 0.157 e. The second-order valence-corrected chi connectivity index (χ2v) is 8.85. The summed E-state index contributed by atoms with van der Waals surface area (Å²) in [6.45, 7) is 4.03. The van der Waals surface area contributed by atoms with E-state index in [1.54, 1.807) is 11.3 Å². The zero-order valence-electron chi connectivity index (χ0n) is 16.9. The van der Waals surface area contributed by atoms with Crippen molar-refractivity contribution in [2.24, 2.45) is 0 Å². The normalized spacial score (nSPS) is 16.9. The average molecular weight is 402 g/mol. The predicted molar refractivity (Wildman–Crippen MR) is 120 cm³/mol. The molecule has 1 aromatic carbocycles. The summed E-state index contributed by atoms with van der Waals surface area (Å²) in [7, 11) is 4.31. The lowest BCUT2D eigenvalue weighted by molar-refractivity contribution is 0.315. The molecule has 5 nitrogen and oxygen atoms in total. The van der Waals surface area contributed by atoms with E-state index in [4.69, 9.17) is 4.98 Å². The van der Waals surface area contributed by atoms with Crippen LogP contribution in [0, 0.1) is 18.3 Å². The molecule has 1 atom stereocenters. The fraction of sp³-hybridized carbons (Fsp3) is 0.304. The Bertz CT molecular complexity index is 1250. The van der Waals surface area contributed by atoms with Gasteiger partial charge < -0.3 is 9.80 Å². The molecule has 4 aromatic rings. The Balaban J connectivity index is 1.90. The smallest absolute Gasteiger partial charge is 0.157 e. The molecule has 0 spiro atoms. The van der Waals surface area contributed by atoms with Crippen molar-refractivity contribution < 1.29 is 0 Å². The zero-order chi connectivity index (χ0) is 20.1. The molecule has 4 heterocycles. The van der Waals surface area contributed by atoms with Crippen LogP contribution in [0.1, 0.15) is 17.5 Å². The lowest BCUT2D eigenvalue weighted by atomic mass is 10.0. The number of hydrogen-bond acceptors (Lipinski definition) is 5. The minimum absolute atomic E-state index is 0.520. The van der Waals surface area contributed by atoms with Crippen LogP contribution in [0.5, 0.6) is 0 Å². The number of para-hydroxylation sites is 2. The summed E-state index contributed by atoms with van der Waals surface area (Å²) < 4.78 is 2.22. The van der Waals surface area contributed by atoms with E-state index >= 15 is 0 Å². The quantitative estimate of drug-likeness (QED) is 0.506. The zero-order valence-corrected chi connectivity index (χ0v) is 17.7. The van der Waals surface area contributed by atoms with Crippen LogP contribution in [-0.4, -0.2) is 47.5 Å². The van der Waals surface area contributed by atoms with Crippen LogP contribution >= 0.6 is 11.3 Å². The number of nitrogens with zero attached hydrogens (tertiary/aromatic N) is 5. The molecule has 0 N–H and O–H groups in total. The molecule has 1 fully saturated rings. The van der Waals surface area contributed by atoms with Gasteiger partial charge in [0.15, 0.2) is 5.65 Å².